The van der Waals surface area contributed by atoms with Gasteiger partial charge in [0.05, 0.1) is 0 Å². The van der Waals surface area contributed by atoms with Gasteiger partial charge in [0, 0.05) is 34.1 Å². The van der Waals surface area contributed by atoms with Crippen LogP contribution in [0, 0.1) is 0 Å². The predicted octanol–water partition coefficient (Wildman–Crippen LogP) is 14.7. The van der Waals surface area contributed by atoms with Gasteiger partial charge in [-0.15, -0.1) is 0 Å². The van der Waals surface area contributed by atoms with Gasteiger partial charge in [-0.25, -0.2) is 0 Å². The van der Waals surface area contributed by atoms with Gasteiger partial charge in [0.1, 0.15) is 0 Å². The molecule has 0 aliphatic heterocycles. The second-order valence-electron chi connectivity index (χ2n) is 16.6. The number of anilines is 6. The van der Waals surface area contributed by atoms with Gasteiger partial charge in [-0.3, -0.25) is 0 Å². The van der Waals surface area contributed by atoms with E-state index in [1.54, 1.807) is 0 Å². The van der Waals surface area contributed by atoms with Crippen molar-refractivity contribution < 1.29 is 0 Å². The minimum absolute atomic E-state index is 0.968. The van der Waals surface area contributed by atoms with Crippen molar-refractivity contribution in [2.75, 3.05) is 9.80 Å². The van der Waals surface area contributed by atoms with Crippen molar-refractivity contribution in [1.29, 1.82) is 0 Å². The van der Waals surface area contributed by atoms with E-state index in [2.05, 4.69) is 204 Å². The first kappa shape index (κ1) is 36.2. The van der Waals surface area contributed by atoms with Crippen LogP contribution in [0.15, 0.2) is 194 Å². The first-order valence-corrected chi connectivity index (χ1v) is 21.8. The van der Waals surface area contributed by atoms with E-state index in [0.717, 1.165) is 48.4 Å². The van der Waals surface area contributed by atoms with Crippen molar-refractivity contribution in [3.8, 4) is 0 Å². The van der Waals surface area contributed by atoms with Crippen molar-refractivity contribution in [3.05, 3.63) is 239 Å². The molecule has 0 saturated heterocycles. The van der Waals surface area contributed by atoms with Gasteiger partial charge in [-0.05, 0) is 190 Å². The van der Waals surface area contributed by atoms with Crippen molar-refractivity contribution >= 4 is 55.7 Å². The van der Waals surface area contributed by atoms with E-state index in [0.29, 0.717) is 0 Å². The van der Waals surface area contributed by atoms with Crippen LogP contribution in [0.4, 0.5) is 34.1 Å². The van der Waals surface area contributed by atoms with E-state index >= 15 is 0 Å². The summed E-state index contributed by atoms with van der Waals surface area (Å²) in [6, 6.07) is 72.2. The molecule has 0 atom stereocenters. The van der Waals surface area contributed by atoms with Crippen LogP contribution < -0.4 is 9.80 Å². The molecule has 0 amide bonds. The fourth-order valence-electron chi connectivity index (χ4n) is 9.76. The van der Waals surface area contributed by atoms with Gasteiger partial charge in [0.2, 0.25) is 0 Å². The lowest BCUT2D eigenvalue weighted by Gasteiger charge is -2.28. The Labute approximate surface area is 354 Å². The third-order valence-corrected chi connectivity index (χ3v) is 13.1. The molecule has 2 heteroatoms. The molecule has 60 heavy (non-hydrogen) atoms. The number of nitrogens with zero attached hydrogens (tertiary/aromatic N) is 2. The van der Waals surface area contributed by atoms with Crippen molar-refractivity contribution in [2.24, 2.45) is 0 Å². The number of rotatable bonds is 12. The Balaban J connectivity index is 1.14. The fourth-order valence-corrected chi connectivity index (χ4v) is 9.76. The zero-order valence-electron chi connectivity index (χ0n) is 34.0. The first-order chi connectivity index (χ1) is 29.7. The van der Waals surface area contributed by atoms with Crippen LogP contribution in [-0.2, 0) is 51.4 Å². The van der Waals surface area contributed by atoms with Crippen molar-refractivity contribution in [1.82, 2.24) is 0 Å². The second kappa shape index (κ2) is 15.7. The molecule has 290 valence electrons. The van der Waals surface area contributed by atoms with Crippen LogP contribution in [0.5, 0.6) is 0 Å². The Morgan fingerprint density at radius 1 is 0.267 bits per heavy atom. The molecule has 9 aromatic rings. The van der Waals surface area contributed by atoms with Gasteiger partial charge in [0.15, 0.2) is 0 Å². The summed E-state index contributed by atoms with van der Waals surface area (Å²) in [7, 11) is 0. The summed E-state index contributed by atoms with van der Waals surface area (Å²) in [6.45, 7) is 0. The SMILES string of the molecule is c1ccc(N(c2ccccc2)c2ccc3c(c2)c(CCc2ccc4c(c2)CC4)c(CCc2ccc4c(c2)CC4)c2cc(N(c4ccccc4)c4ccccc4)ccc23)cc1. The summed E-state index contributed by atoms with van der Waals surface area (Å²) in [5.41, 5.74) is 18.9. The van der Waals surface area contributed by atoms with Crippen LogP contribution >= 0.6 is 0 Å². The third kappa shape index (κ3) is 6.82. The Morgan fingerprint density at radius 2 is 0.617 bits per heavy atom. The monoisotopic (exact) mass is 772 g/mol. The first-order valence-electron chi connectivity index (χ1n) is 21.8. The smallest absolute Gasteiger partial charge is 0.0468 e. The standard InChI is InChI=1S/C58H48N2/c1-5-13-47(14-6-1)59(48-15-7-2-8-16-48)51-31-35-55-56-36-32-52(60(49-17-9-3-10-18-49)50-19-11-4-12-20-50)40-58(56)54(34-24-42-22-26-44-28-30-46(44)38-42)53(57(55)39-51)33-23-41-21-25-43-27-29-45(43)37-41/h1-22,25-26,31-32,35-40H,23-24,27-30,33-34H2. The summed E-state index contributed by atoms with van der Waals surface area (Å²) >= 11 is 0. The number of hydrogen-bond acceptors (Lipinski definition) is 2. The van der Waals surface area contributed by atoms with E-state index in [9.17, 15) is 0 Å². The van der Waals surface area contributed by atoms with Crippen LogP contribution in [0.25, 0.3) is 21.5 Å². The van der Waals surface area contributed by atoms with Crippen LogP contribution in [0.3, 0.4) is 0 Å². The lowest BCUT2D eigenvalue weighted by atomic mass is 9.83. The molecule has 2 nitrogen and oxygen atoms in total. The Morgan fingerprint density at radius 3 is 0.933 bits per heavy atom. The predicted molar refractivity (Wildman–Crippen MR) is 253 cm³/mol. The topological polar surface area (TPSA) is 6.48 Å². The lowest BCUT2D eigenvalue weighted by Crippen LogP contribution is -2.11. The van der Waals surface area contributed by atoms with Gasteiger partial charge in [-0.1, -0.05) is 121 Å². The maximum absolute atomic E-state index is 2.49. The molecular formula is C58H48N2. The number of fused-ring (bicyclic) bond motifs is 5. The molecule has 0 radical (unpaired) electrons. The summed E-state index contributed by atoms with van der Waals surface area (Å²) in [5.74, 6) is 0. The van der Waals surface area contributed by atoms with Crippen LogP contribution in [0.1, 0.15) is 44.5 Å². The Kier molecular flexibility index (Phi) is 9.47. The normalized spacial score (nSPS) is 12.7. The molecule has 11 rings (SSSR count). The minimum atomic E-state index is 0.968. The third-order valence-electron chi connectivity index (χ3n) is 13.1. The molecule has 0 heterocycles. The van der Waals surface area contributed by atoms with Crippen LogP contribution in [0.2, 0.25) is 0 Å². The second-order valence-corrected chi connectivity index (χ2v) is 16.6. The molecule has 2 aliphatic carbocycles. The maximum atomic E-state index is 2.49. The number of hydrogen-bond donors (Lipinski definition) is 0. The molecule has 0 N–H and O–H groups in total. The minimum Gasteiger partial charge on any atom is -0.310 e. The van der Waals surface area contributed by atoms with Crippen LogP contribution in [-0.4, -0.2) is 0 Å². The van der Waals surface area contributed by atoms with Gasteiger partial charge >= 0.3 is 0 Å². The highest BCUT2D eigenvalue weighted by Crippen LogP contribution is 2.43. The number of para-hydroxylation sites is 4. The van der Waals surface area contributed by atoms with E-state index in [4.69, 9.17) is 0 Å². The highest BCUT2D eigenvalue weighted by atomic mass is 15.1. The molecule has 9 aromatic carbocycles. The molecule has 2 aliphatic rings. The summed E-state index contributed by atoms with van der Waals surface area (Å²) in [6.07, 6.45) is 8.78. The van der Waals surface area contributed by atoms with E-state index in [-0.39, 0.29) is 0 Å². The maximum Gasteiger partial charge on any atom is 0.0468 e. The van der Waals surface area contributed by atoms with E-state index < -0.39 is 0 Å². The number of benzene rings is 9. The largest absolute Gasteiger partial charge is 0.310 e. The highest BCUT2D eigenvalue weighted by Gasteiger charge is 2.22. The summed E-state index contributed by atoms with van der Waals surface area (Å²) in [4.78, 5) is 4.82. The molecule has 0 spiro atoms. The zero-order valence-corrected chi connectivity index (χ0v) is 34.0. The molecule has 0 aromatic heterocycles. The van der Waals surface area contributed by atoms with E-state index in [1.807, 2.05) is 0 Å². The highest BCUT2D eigenvalue weighted by molar-refractivity contribution is 6.13. The Bertz CT molecular complexity index is 2690. The summed E-state index contributed by atoms with van der Waals surface area (Å²) < 4.78 is 0. The molecule has 0 fully saturated rings. The Hall–Kier alpha value is -6.90. The summed E-state index contributed by atoms with van der Waals surface area (Å²) in [5, 5.41) is 5.32. The quantitative estimate of drug-likeness (QED) is 0.114. The molecule has 0 unspecified atom stereocenters. The van der Waals surface area contributed by atoms with Crippen molar-refractivity contribution in [2.45, 2.75) is 51.4 Å². The number of aryl methyl sites for hydroxylation is 8. The van der Waals surface area contributed by atoms with Gasteiger partial charge in [0.25, 0.3) is 0 Å². The molecule has 0 saturated carbocycles. The van der Waals surface area contributed by atoms with Gasteiger partial charge < -0.3 is 9.80 Å². The average molecular weight is 773 g/mol. The average Bonchev–Trinajstić information content (AvgIpc) is 3.28. The van der Waals surface area contributed by atoms with E-state index in [1.165, 1.54) is 103 Å². The van der Waals surface area contributed by atoms with Crippen molar-refractivity contribution in [3.63, 3.8) is 0 Å². The fraction of sp³-hybridized carbons (Fsp3) is 0.138. The zero-order chi connectivity index (χ0) is 39.8. The lowest BCUT2D eigenvalue weighted by molar-refractivity contribution is 0.824. The molecular weight excluding hydrogens is 725 g/mol. The molecule has 0 bridgehead atoms. The van der Waals surface area contributed by atoms with Gasteiger partial charge in [-0.2, -0.15) is 0 Å².